The summed E-state index contributed by atoms with van der Waals surface area (Å²) in [4.78, 5) is 24.0. The molecule has 1 saturated heterocycles. The number of amides is 2. The average molecular weight is 249 g/mol. The van der Waals surface area contributed by atoms with Gasteiger partial charge in [0.2, 0.25) is 0 Å². The van der Waals surface area contributed by atoms with Gasteiger partial charge < -0.3 is 16.0 Å². The van der Waals surface area contributed by atoms with Gasteiger partial charge in [0, 0.05) is 26.2 Å². The van der Waals surface area contributed by atoms with E-state index in [1.165, 1.54) is 4.90 Å². The fourth-order valence-electron chi connectivity index (χ4n) is 1.32. The highest BCUT2D eigenvalue weighted by Crippen LogP contribution is 2.03. The molecule has 0 aromatic heterocycles. The second kappa shape index (κ2) is 5.26. The Hall–Kier alpha value is -1.15. The molecule has 2 amide bonds. The first-order valence-electron chi connectivity index (χ1n) is 4.94. The molecule has 0 unspecified atom stereocenters. The SMILES string of the molecule is NCCNC(=O)C(=O)N1CCS(=O)(=O)CC1. The summed E-state index contributed by atoms with van der Waals surface area (Å²) in [6.07, 6.45) is 0. The Kier molecular flexibility index (Phi) is 4.25. The molecule has 3 N–H and O–H groups in total. The van der Waals surface area contributed by atoms with E-state index in [2.05, 4.69) is 5.32 Å². The zero-order valence-electron chi connectivity index (χ0n) is 8.81. The van der Waals surface area contributed by atoms with Gasteiger partial charge in [-0.25, -0.2) is 8.42 Å². The Labute approximate surface area is 93.9 Å². The second-order valence-electron chi connectivity index (χ2n) is 3.49. The van der Waals surface area contributed by atoms with Crippen LogP contribution in [-0.4, -0.2) is 62.8 Å². The molecule has 92 valence electrons. The summed E-state index contributed by atoms with van der Waals surface area (Å²) in [5.41, 5.74) is 5.17. The van der Waals surface area contributed by atoms with Crippen LogP contribution in [0, 0.1) is 0 Å². The van der Waals surface area contributed by atoms with E-state index < -0.39 is 21.7 Å². The van der Waals surface area contributed by atoms with Gasteiger partial charge in [0.15, 0.2) is 9.84 Å². The standard InChI is InChI=1S/C8H15N3O4S/c9-1-2-10-7(12)8(13)11-3-5-16(14,15)6-4-11/h1-6,9H2,(H,10,12). The third-order valence-corrected chi connectivity index (χ3v) is 3.86. The number of hydrogen-bond donors (Lipinski definition) is 2. The molecule has 0 aromatic rings. The summed E-state index contributed by atoms with van der Waals surface area (Å²) < 4.78 is 22.2. The first kappa shape index (κ1) is 12.9. The second-order valence-corrected chi connectivity index (χ2v) is 5.79. The Morgan fingerprint density at radius 1 is 1.25 bits per heavy atom. The van der Waals surface area contributed by atoms with Gasteiger partial charge in [0.25, 0.3) is 0 Å². The highest BCUT2D eigenvalue weighted by molar-refractivity contribution is 7.91. The van der Waals surface area contributed by atoms with Crippen LogP contribution in [0.5, 0.6) is 0 Å². The molecule has 0 saturated carbocycles. The number of nitrogens with zero attached hydrogens (tertiary/aromatic N) is 1. The Morgan fingerprint density at radius 2 is 1.81 bits per heavy atom. The predicted octanol–water partition coefficient (Wildman–Crippen LogP) is -2.68. The number of carbonyl (C=O) groups excluding carboxylic acids is 2. The van der Waals surface area contributed by atoms with E-state index in [9.17, 15) is 18.0 Å². The number of rotatable bonds is 2. The van der Waals surface area contributed by atoms with Crippen LogP contribution in [0.1, 0.15) is 0 Å². The number of sulfone groups is 1. The topological polar surface area (TPSA) is 110 Å². The van der Waals surface area contributed by atoms with Gasteiger partial charge in [0.05, 0.1) is 11.5 Å². The summed E-state index contributed by atoms with van der Waals surface area (Å²) in [6.45, 7) is 0.651. The molecule has 0 atom stereocenters. The van der Waals surface area contributed by atoms with Crippen LogP contribution in [0.4, 0.5) is 0 Å². The maximum absolute atomic E-state index is 11.5. The maximum Gasteiger partial charge on any atom is 0.311 e. The lowest BCUT2D eigenvalue weighted by Gasteiger charge is -2.25. The number of carbonyl (C=O) groups is 2. The monoisotopic (exact) mass is 249 g/mol. The van der Waals surface area contributed by atoms with Gasteiger partial charge in [0.1, 0.15) is 0 Å². The van der Waals surface area contributed by atoms with Crippen LogP contribution < -0.4 is 11.1 Å². The van der Waals surface area contributed by atoms with Crippen LogP contribution in [0.2, 0.25) is 0 Å². The van der Waals surface area contributed by atoms with E-state index >= 15 is 0 Å². The molecule has 0 aliphatic carbocycles. The minimum Gasteiger partial charge on any atom is -0.347 e. The summed E-state index contributed by atoms with van der Waals surface area (Å²) in [7, 11) is -3.04. The predicted molar refractivity (Wildman–Crippen MR) is 57.3 cm³/mol. The van der Waals surface area contributed by atoms with Crippen molar-refractivity contribution in [3.8, 4) is 0 Å². The Morgan fingerprint density at radius 3 is 2.31 bits per heavy atom. The van der Waals surface area contributed by atoms with Crippen molar-refractivity contribution in [3.05, 3.63) is 0 Å². The summed E-state index contributed by atoms with van der Waals surface area (Å²) in [5.74, 6) is -1.58. The van der Waals surface area contributed by atoms with E-state index in [0.29, 0.717) is 0 Å². The van der Waals surface area contributed by atoms with Crippen molar-refractivity contribution in [1.82, 2.24) is 10.2 Å². The highest BCUT2D eigenvalue weighted by Gasteiger charge is 2.28. The molecule has 0 bridgehead atoms. The van der Waals surface area contributed by atoms with E-state index in [0.717, 1.165) is 0 Å². The largest absolute Gasteiger partial charge is 0.347 e. The van der Waals surface area contributed by atoms with E-state index in [-0.39, 0.29) is 37.7 Å². The van der Waals surface area contributed by atoms with Crippen molar-refractivity contribution >= 4 is 21.7 Å². The molecular formula is C8H15N3O4S. The molecule has 0 aromatic carbocycles. The molecule has 7 nitrogen and oxygen atoms in total. The van der Waals surface area contributed by atoms with Crippen molar-refractivity contribution in [3.63, 3.8) is 0 Å². The van der Waals surface area contributed by atoms with Crippen LogP contribution in [0.25, 0.3) is 0 Å². The average Bonchev–Trinajstić information content (AvgIpc) is 2.25. The number of nitrogens with one attached hydrogen (secondary N) is 1. The Balaban J connectivity index is 2.47. The molecule has 16 heavy (non-hydrogen) atoms. The van der Waals surface area contributed by atoms with Gasteiger partial charge in [-0.1, -0.05) is 0 Å². The van der Waals surface area contributed by atoms with Gasteiger partial charge >= 0.3 is 11.8 Å². The maximum atomic E-state index is 11.5. The summed E-state index contributed by atoms with van der Waals surface area (Å²) in [6, 6.07) is 0. The fourth-order valence-corrected chi connectivity index (χ4v) is 2.52. The first-order valence-corrected chi connectivity index (χ1v) is 6.76. The minimum atomic E-state index is -3.04. The van der Waals surface area contributed by atoms with Gasteiger partial charge in [-0.15, -0.1) is 0 Å². The van der Waals surface area contributed by atoms with Crippen LogP contribution in [0.3, 0.4) is 0 Å². The third-order valence-electron chi connectivity index (χ3n) is 2.26. The molecule has 8 heteroatoms. The molecular weight excluding hydrogens is 234 g/mol. The van der Waals surface area contributed by atoms with Gasteiger partial charge in [-0.2, -0.15) is 0 Å². The molecule has 1 aliphatic heterocycles. The van der Waals surface area contributed by atoms with Crippen molar-refractivity contribution in [2.24, 2.45) is 5.73 Å². The Bertz CT molecular complexity index is 365. The number of hydrogen-bond acceptors (Lipinski definition) is 5. The van der Waals surface area contributed by atoms with Crippen LogP contribution in [-0.2, 0) is 19.4 Å². The zero-order chi connectivity index (χ0) is 12.2. The van der Waals surface area contributed by atoms with E-state index in [1.54, 1.807) is 0 Å². The van der Waals surface area contributed by atoms with Crippen molar-refractivity contribution < 1.29 is 18.0 Å². The lowest BCUT2D eigenvalue weighted by molar-refractivity contribution is -0.145. The zero-order valence-corrected chi connectivity index (χ0v) is 9.62. The molecule has 1 aliphatic rings. The van der Waals surface area contributed by atoms with E-state index in [4.69, 9.17) is 5.73 Å². The highest BCUT2D eigenvalue weighted by atomic mass is 32.2. The van der Waals surface area contributed by atoms with Gasteiger partial charge in [-0.3, -0.25) is 9.59 Å². The summed E-state index contributed by atoms with van der Waals surface area (Å²) in [5, 5.41) is 2.35. The van der Waals surface area contributed by atoms with E-state index in [1.807, 2.05) is 0 Å². The van der Waals surface area contributed by atoms with Crippen molar-refractivity contribution in [2.75, 3.05) is 37.7 Å². The molecule has 0 radical (unpaired) electrons. The van der Waals surface area contributed by atoms with Crippen LogP contribution in [0.15, 0.2) is 0 Å². The molecule has 1 heterocycles. The minimum absolute atomic E-state index is 0.0804. The third kappa shape index (κ3) is 3.46. The quantitative estimate of drug-likeness (QED) is 0.518. The lowest BCUT2D eigenvalue weighted by atomic mass is 10.4. The van der Waals surface area contributed by atoms with Gasteiger partial charge in [-0.05, 0) is 0 Å². The van der Waals surface area contributed by atoms with Crippen LogP contribution >= 0.6 is 0 Å². The van der Waals surface area contributed by atoms with Crippen molar-refractivity contribution in [2.45, 2.75) is 0 Å². The fraction of sp³-hybridized carbons (Fsp3) is 0.750. The molecule has 0 spiro atoms. The summed E-state index contributed by atoms with van der Waals surface area (Å²) >= 11 is 0. The molecule has 1 fully saturated rings. The number of nitrogens with two attached hydrogens (primary N) is 1. The lowest BCUT2D eigenvalue weighted by Crippen LogP contribution is -2.50. The molecule has 1 rings (SSSR count). The van der Waals surface area contributed by atoms with Crippen molar-refractivity contribution in [1.29, 1.82) is 0 Å². The smallest absolute Gasteiger partial charge is 0.311 e. The first-order chi connectivity index (χ1) is 7.46. The normalized spacial score (nSPS) is 19.2.